The Morgan fingerprint density at radius 2 is 1.86 bits per heavy atom. The molecule has 0 atom stereocenters. The SMILES string of the molecule is O=C(O)c1ccc(O)c(NC(=O)c2cc(F)ccc2Br)c1. The first-order valence-electron chi connectivity index (χ1n) is 5.71. The number of rotatable bonds is 3. The van der Waals surface area contributed by atoms with Crippen LogP contribution < -0.4 is 5.32 Å². The zero-order valence-corrected chi connectivity index (χ0v) is 12.0. The van der Waals surface area contributed by atoms with Crippen molar-refractivity contribution in [1.82, 2.24) is 0 Å². The van der Waals surface area contributed by atoms with Crippen LogP contribution in [0.3, 0.4) is 0 Å². The maximum Gasteiger partial charge on any atom is 0.335 e. The average molecular weight is 354 g/mol. The summed E-state index contributed by atoms with van der Waals surface area (Å²) in [6.45, 7) is 0. The highest BCUT2D eigenvalue weighted by molar-refractivity contribution is 9.10. The van der Waals surface area contributed by atoms with Crippen LogP contribution in [0.4, 0.5) is 10.1 Å². The molecule has 0 saturated carbocycles. The molecule has 108 valence electrons. The van der Waals surface area contributed by atoms with E-state index in [2.05, 4.69) is 21.2 Å². The molecule has 2 aromatic carbocycles. The highest BCUT2D eigenvalue weighted by Crippen LogP contribution is 2.26. The predicted molar refractivity (Wildman–Crippen MR) is 77.1 cm³/mol. The number of carboxylic acids is 1. The lowest BCUT2D eigenvalue weighted by Gasteiger charge is -2.09. The number of phenols is 1. The molecule has 0 bridgehead atoms. The quantitative estimate of drug-likeness (QED) is 0.739. The summed E-state index contributed by atoms with van der Waals surface area (Å²) in [6, 6.07) is 7.05. The van der Waals surface area contributed by atoms with E-state index < -0.39 is 17.7 Å². The van der Waals surface area contributed by atoms with E-state index in [1.807, 2.05) is 0 Å². The Morgan fingerprint density at radius 3 is 2.52 bits per heavy atom. The van der Waals surface area contributed by atoms with Crippen LogP contribution in [-0.2, 0) is 0 Å². The van der Waals surface area contributed by atoms with Crippen LogP contribution in [0.15, 0.2) is 40.9 Å². The number of nitrogens with one attached hydrogen (secondary N) is 1. The monoisotopic (exact) mass is 353 g/mol. The molecule has 0 heterocycles. The molecule has 0 radical (unpaired) electrons. The summed E-state index contributed by atoms with van der Waals surface area (Å²) < 4.78 is 13.5. The van der Waals surface area contributed by atoms with Gasteiger partial charge in [0.05, 0.1) is 16.8 Å². The van der Waals surface area contributed by atoms with Gasteiger partial charge in [0, 0.05) is 4.47 Å². The lowest BCUT2D eigenvalue weighted by atomic mass is 10.1. The zero-order chi connectivity index (χ0) is 15.6. The maximum absolute atomic E-state index is 13.2. The summed E-state index contributed by atoms with van der Waals surface area (Å²) in [4.78, 5) is 22.9. The molecule has 3 N–H and O–H groups in total. The molecule has 1 amide bonds. The Balaban J connectivity index is 2.33. The van der Waals surface area contributed by atoms with Crippen LogP contribution in [0, 0.1) is 5.82 Å². The largest absolute Gasteiger partial charge is 0.506 e. The molecule has 0 aromatic heterocycles. The molecular formula is C14H9BrFNO4. The molecule has 0 saturated heterocycles. The topological polar surface area (TPSA) is 86.6 Å². The van der Waals surface area contributed by atoms with E-state index >= 15 is 0 Å². The Bertz CT molecular complexity index is 733. The van der Waals surface area contributed by atoms with Gasteiger partial charge in [0.25, 0.3) is 5.91 Å². The molecule has 5 nitrogen and oxygen atoms in total. The van der Waals surface area contributed by atoms with Crippen molar-refractivity contribution in [3.8, 4) is 5.75 Å². The van der Waals surface area contributed by atoms with Crippen LogP contribution >= 0.6 is 15.9 Å². The van der Waals surface area contributed by atoms with E-state index in [0.29, 0.717) is 4.47 Å². The summed E-state index contributed by atoms with van der Waals surface area (Å²) in [5, 5.41) is 20.9. The van der Waals surface area contributed by atoms with Crippen LogP contribution in [0.5, 0.6) is 5.75 Å². The molecule has 0 aliphatic heterocycles. The highest BCUT2D eigenvalue weighted by Gasteiger charge is 2.15. The third-order valence-corrected chi connectivity index (χ3v) is 3.36. The van der Waals surface area contributed by atoms with Gasteiger partial charge in [-0.15, -0.1) is 0 Å². The summed E-state index contributed by atoms with van der Waals surface area (Å²) in [7, 11) is 0. The standard InChI is InChI=1S/C14H9BrFNO4/c15-10-3-2-8(16)6-9(10)13(19)17-11-5-7(14(20)21)1-4-12(11)18/h1-6,18H,(H,17,19)(H,20,21). The summed E-state index contributed by atoms with van der Waals surface area (Å²) in [5.74, 6) is -2.76. The number of anilines is 1. The maximum atomic E-state index is 13.2. The van der Waals surface area contributed by atoms with Crippen LogP contribution in [-0.4, -0.2) is 22.1 Å². The van der Waals surface area contributed by atoms with Gasteiger partial charge >= 0.3 is 5.97 Å². The van der Waals surface area contributed by atoms with E-state index in [4.69, 9.17) is 5.11 Å². The number of hydrogen-bond acceptors (Lipinski definition) is 3. The second-order valence-corrected chi connectivity index (χ2v) is 4.97. The third-order valence-electron chi connectivity index (χ3n) is 2.66. The van der Waals surface area contributed by atoms with Gasteiger partial charge in [-0.3, -0.25) is 4.79 Å². The van der Waals surface area contributed by atoms with Gasteiger partial charge in [-0.1, -0.05) is 0 Å². The number of amides is 1. The van der Waals surface area contributed by atoms with Crippen molar-refractivity contribution >= 4 is 33.5 Å². The van der Waals surface area contributed by atoms with Gasteiger partial charge in [-0.2, -0.15) is 0 Å². The number of phenolic OH excluding ortho intramolecular Hbond substituents is 1. The second kappa shape index (κ2) is 5.92. The minimum Gasteiger partial charge on any atom is -0.506 e. The summed E-state index contributed by atoms with van der Waals surface area (Å²) in [6.07, 6.45) is 0. The summed E-state index contributed by atoms with van der Waals surface area (Å²) >= 11 is 3.12. The number of carbonyl (C=O) groups is 2. The van der Waals surface area contributed by atoms with Crippen molar-refractivity contribution in [3.05, 3.63) is 57.8 Å². The minimum absolute atomic E-state index is 0.0233. The van der Waals surface area contributed by atoms with Gasteiger partial charge in [-0.25, -0.2) is 9.18 Å². The Labute approximate surface area is 127 Å². The number of carboxylic acid groups (broad SMARTS) is 1. The van der Waals surface area contributed by atoms with Crippen LogP contribution in [0.1, 0.15) is 20.7 Å². The number of aromatic carboxylic acids is 1. The molecule has 0 unspecified atom stereocenters. The molecule has 7 heteroatoms. The molecule has 0 aliphatic carbocycles. The van der Waals surface area contributed by atoms with Gasteiger partial charge in [0.2, 0.25) is 0 Å². The zero-order valence-electron chi connectivity index (χ0n) is 10.4. The molecule has 0 fully saturated rings. The second-order valence-electron chi connectivity index (χ2n) is 4.12. The van der Waals surface area contributed by atoms with E-state index in [9.17, 15) is 19.1 Å². The smallest absolute Gasteiger partial charge is 0.335 e. The highest BCUT2D eigenvalue weighted by atomic mass is 79.9. The van der Waals surface area contributed by atoms with Crippen molar-refractivity contribution in [1.29, 1.82) is 0 Å². The first kappa shape index (κ1) is 15.0. The number of halogens is 2. The lowest BCUT2D eigenvalue weighted by Crippen LogP contribution is -2.13. The van der Waals surface area contributed by atoms with E-state index in [1.165, 1.54) is 18.2 Å². The molecule has 0 aliphatic rings. The van der Waals surface area contributed by atoms with Gasteiger partial charge in [0.15, 0.2) is 0 Å². The van der Waals surface area contributed by atoms with Crippen LogP contribution in [0.25, 0.3) is 0 Å². The van der Waals surface area contributed by atoms with Crippen molar-refractivity contribution in [2.75, 3.05) is 5.32 Å². The predicted octanol–water partition coefficient (Wildman–Crippen LogP) is 3.24. The van der Waals surface area contributed by atoms with Gasteiger partial charge in [0.1, 0.15) is 11.6 Å². The first-order valence-corrected chi connectivity index (χ1v) is 6.50. The fourth-order valence-corrected chi connectivity index (χ4v) is 2.06. The lowest BCUT2D eigenvalue weighted by molar-refractivity contribution is 0.0696. The number of hydrogen-bond donors (Lipinski definition) is 3. The van der Waals surface area contributed by atoms with Crippen molar-refractivity contribution in [2.24, 2.45) is 0 Å². The fourth-order valence-electron chi connectivity index (χ4n) is 1.63. The van der Waals surface area contributed by atoms with Gasteiger partial charge < -0.3 is 15.5 Å². The number of carbonyl (C=O) groups excluding carboxylic acids is 1. The molecule has 21 heavy (non-hydrogen) atoms. The molecule has 2 rings (SSSR count). The fraction of sp³-hybridized carbons (Fsp3) is 0. The Hall–Kier alpha value is -2.41. The van der Waals surface area contributed by atoms with Crippen molar-refractivity contribution < 1.29 is 24.2 Å². The van der Waals surface area contributed by atoms with E-state index in [1.54, 1.807) is 0 Å². The van der Waals surface area contributed by atoms with Gasteiger partial charge in [-0.05, 0) is 52.3 Å². The van der Waals surface area contributed by atoms with Crippen molar-refractivity contribution in [2.45, 2.75) is 0 Å². The van der Waals surface area contributed by atoms with E-state index in [0.717, 1.165) is 18.2 Å². The molecule has 0 spiro atoms. The molecular weight excluding hydrogens is 345 g/mol. The Morgan fingerprint density at radius 1 is 1.14 bits per heavy atom. The minimum atomic E-state index is -1.20. The van der Waals surface area contributed by atoms with Crippen molar-refractivity contribution in [3.63, 3.8) is 0 Å². The average Bonchev–Trinajstić information content (AvgIpc) is 2.43. The number of aromatic hydroxyl groups is 1. The normalized spacial score (nSPS) is 10.2. The number of benzene rings is 2. The third kappa shape index (κ3) is 3.38. The first-order chi connectivity index (χ1) is 9.88. The van der Waals surface area contributed by atoms with Crippen LogP contribution in [0.2, 0.25) is 0 Å². The van der Waals surface area contributed by atoms with E-state index in [-0.39, 0.29) is 22.6 Å². The molecule has 2 aromatic rings. The summed E-state index contributed by atoms with van der Waals surface area (Å²) in [5.41, 5.74) is -0.146. The Kier molecular flexibility index (Phi) is 4.23.